The molecule has 0 radical (unpaired) electrons. The summed E-state index contributed by atoms with van der Waals surface area (Å²) in [6.45, 7) is -1.68. The van der Waals surface area contributed by atoms with E-state index >= 15 is 0 Å². The van der Waals surface area contributed by atoms with Gasteiger partial charge in [0.1, 0.15) is 134 Å². The van der Waals surface area contributed by atoms with Crippen molar-refractivity contribution in [3.05, 3.63) is 0 Å². The minimum atomic E-state index is -2.00. The third kappa shape index (κ3) is 14.6. The molecule has 71 heavy (non-hydrogen) atoms. The van der Waals surface area contributed by atoms with Gasteiger partial charge in [0.25, 0.3) is 0 Å². The minimum absolute atomic E-state index is 0.322. The predicted molar refractivity (Wildman–Crippen MR) is 224 cm³/mol. The van der Waals surface area contributed by atoms with Crippen molar-refractivity contribution in [2.75, 3.05) is 66.3 Å². The van der Waals surface area contributed by atoms with E-state index in [1.165, 1.54) is 0 Å². The molecule has 5 rings (SSSR count). The molecule has 0 amide bonds. The van der Waals surface area contributed by atoms with E-state index in [4.69, 9.17) is 53.1 Å². The summed E-state index contributed by atoms with van der Waals surface area (Å²) < 4.78 is 55.0. The molecule has 0 aromatic carbocycles. The molecule has 5 saturated heterocycles. The quantitative estimate of drug-likeness (QED) is 0.0452. The van der Waals surface area contributed by atoms with Crippen LogP contribution in [0.4, 0.5) is 0 Å². The smallest absolute Gasteiger partial charge is 0.186 e. The Hall–Kier alpha value is -1.24. The molecule has 5 heterocycles. The first-order chi connectivity index (χ1) is 33.4. The van der Waals surface area contributed by atoms with Crippen LogP contribution >= 0.6 is 0 Å². The van der Waals surface area contributed by atoms with E-state index in [0.29, 0.717) is 19.6 Å². The maximum absolute atomic E-state index is 10.8. The standard InChI is InChI=1S/C40H74N2O29/c1-12(5-42(2)4-3-41)19(45)20(46)13(44)7-62-36-32(58)27(53)22(48)15(68-36)9-64-38-34(60)29(55)24(50)17(70-38)11-66-40-35(61)30(56)25(51)18(71-40)10-65-39-33(59)28(54)23(49)16(69-39)8-63-37-31(57)26(52)21(47)14(6-43)67-37/h12-40,43-61H,3-11,41H2,1-2H3/t12?,13-,14-,15-,16-,17-,18-,19-,20-,21-,22-,23-,24-,25-,26+,27+,28+,29+,30+,31-,32-,33-,34-,35-,36?,37-,38-,39-,40-/m1/s1. The first-order valence-corrected chi connectivity index (χ1v) is 23.0. The highest BCUT2D eigenvalue weighted by atomic mass is 16.8. The number of nitrogens with zero attached hydrogens (tertiary/aromatic N) is 1. The Kier molecular flexibility index (Phi) is 23.2. The molecular formula is C40H74N2O29. The summed E-state index contributed by atoms with van der Waals surface area (Å²) in [5.74, 6) is -0.527. The number of hydrogen-bond donors (Lipinski definition) is 20. The molecule has 5 aliphatic rings. The van der Waals surface area contributed by atoms with Crippen LogP contribution in [0.3, 0.4) is 0 Å². The summed E-state index contributed by atoms with van der Waals surface area (Å²) in [6, 6.07) is 0. The third-order valence-corrected chi connectivity index (χ3v) is 13.1. The first kappa shape index (κ1) is 60.6. The van der Waals surface area contributed by atoms with Gasteiger partial charge in [-0.3, -0.25) is 0 Å². The van der Waals surface area contributed by atoms with Crippen LogP contribution in [0.2, 0.25) is 0 Å². The second-order valence-corrected chi connectivity index (χ2v) is 18.5. The van der Waals surface area contributed by atoms with Crippen molar-refractivity contribution in [1.29, 1.82) is 0 Å². The lowest BCUT2D eigenvalue weighted by Gasteiger charge is -2.44. The second-order valence-electron chi connectivity index (χ2n) is 18.5. The SMILES string of the molecule is CC(CN(C)CCN)[C@@H](O)[C@H](O)[C@H](O)COC1O[C@H](CO[C@@H]2O[C@H](CO[C@@H]3O[C@H](CO[C@@H]4O[C@H](CO[C@@H]5O[C@H](CO)[C@@H](O)[C@H](O)[C@H]5O)[C@@H](O)[C@H](O)[C@H]4O)[C@@H](O)[C@H](O)[C@H]3O)[C@@H](O)[C@H](O)[C@H]2O)[C@@H](O)[C@H](O)[C@H]1O. The van der Waals surface area contributed by atoms with E-state index in [9.17, 15) is 97.0 Å². The molecule has 21 N–H and O–H groups in total. The Morgan fingerprint density at radius 3 is 1.00 bits per heavy atom. The van der Waals surface area contributed by atoms with Gasteiger partial charge in [-0.05, 0) is 13.0 Å². The number of likely N-dealkylation sites (N-methyl/N-ethyl adjacent to an activating group) is 1. The number of rotatable bonds is 23. The van der Waals surface area contributed by atoms with Crippen molar-refractivity contribution in [3.63, 3.8) is 0 Å². The Balaban J connectivity index is 1.13. The van der Waals surface area contributed by atoms with Gasteiger partial charge in [0.05, 0.1) is 45.7 Å². The van der Waals surface area contributed by atoms with E-state index in [1.807, 2.05) is 4.90 Å². The summed E-state index contributed by atoms with van der Waals surface area (Å²) in [5.41, 5.74) is 5.54. The normalized spacial score (nSPS) is 46.4. The lowest BCUT2D eigenvalue weighted by Crippen LogP contribution is -2.63. The summed E-state index contributed by atoms with van der Waals surface area (Å²) in [5, 5.41) is 199. The molecule has 418 valence electrons. The van der Waals surface area contributed by atoms with Crippen LogP contribution in [0, 0.1) is 5.92 Å². The monoisotopic (exact) mass is 1050 g/mol. The van der Waals surface area contributed by atoms with Gasteiger partial charge >= 0.3 is 0 Å². The highest BCUT2D eigenvalue weighted by molar-refractivity contribution is 4.95. The average molecular weight is 1050 g/mol. The molecule has 31 heteroatoms. The maximum atomic E-state index is 10.8. The number of ether oxygens (including phenoxy) is 10. The van der Waals surface area contributed by atoms with Gasteiger partial charge in [-0.1, -0.05) is 6.92 Å². The van der Waals surface area contributed by atoms with Crippen LogP contribution in [0.15, 0.2) is 0 Å². The average Bonchev–Trinajstić information content (AvgIpc) is 3.34. The van der Waals surface area contributed by atoms with E-state index in [-0.39, 0.29) is 0 Å². The Labute approximate surface area is 405 Å². The topological polar surface area (TPSA) is 506 Å². The van der Waals surface area contributed by atoms with Gasteiger partial charge in [0.2, 0.25) is 0 Å². The maximum Gasteiger partial charge on any atom is 0.186 e. The lowest BCUT2D eigenvalue weighted by molar-refractivity contribution is -0.351. The Bertz CT molecular complexity index is 1550. The zero-order valence-electron chi connectivity index (χ0n) is 38.7. The Morgan fingerprint density at radius 1 is 0.423 bits per heavy atom. The molecule has 0 spiro atoms. The molecule has 5 fully saturated rings. The zero-order valence-corrected chi connectivity index (χ0v) is 38.7. The van der Waals surface area contributed by atoms with Gasteiger partial charge in [-0.2, -0.15) is 0 Å². The summed E-state index contributed by atoms with van der Waals surface area (Å²) in [7, 11) is 1.75. The Morgan fingerprint density at radius 2 is 0.704 bits per heavy atom. The molecule has 0 aromatic rings. The molecular weight excluding hydrogens is 972 g/mol. The molecule has 0 aliphatic carbocycles. The highest BCUT2D eigenvalue weighted by Crippen LogP contribution is 2.31. The van der Waals surface area contributed by atoms with Gasteiger partial charge in [-0.25, -0.2) is 0 Å². The van der Waals surface area contributed by atoms with E-state index < -0.39 is 217 Å². The van der Waals surface area contributed by atoms with Crippen LogP contribution in [0.5, 0.6) is 0 Å². The molecule has 31 nitrogen and oxygen atoms in total. The molecule has 0 saturated carbocycles. The first-order valence-electron chi connectivity index (χ1n) is 23.0. The number of hydrogen-bond acceptors (Lipinski definition) is 31. The lowest BCUT2D eigenvalue weighted by atomic mass is 9.96. The fourth-order valence-corrected chi connectivity index (χ4v) is 8.50. The summed E-state index contributed by atoms with van der Waals surface area (Å²) in [6.07, 6.45) is -50.0. The van der Waals surface area contributed by atoms with Crippen molar-refractivity contribution in [3.8, 4) is 0 Å². The predicted octanol–water partition coefficient (Wildman–Crippen LogP) is -13.3. The zero-order chi connectivity index (χ0) is 52.8. The second kappa shape index (κ2) is 27.2. The van der Waals surface area contributed by atoms with Crippen LogP contribution in [-0.2, 0) is 47.4 Å². The van der Waals surface area contributed by atoms with Crippen molar-refractivity contribution < 1.29 is 144 Å². The molecule has 0 bridgehead atoms. The van der Waals surface area contributed by atoms with Crippen LogP contribution < -0.4 is 5.73 Å². The van der Waals surface area contributed by atoms with Gasteiger partial charge in [0, 0.05) is 19.6 Å². The molecule has 2 unspecified atom stereocenters. The highest BCUT2D eigenvalue weighted by Gasteiger charge is 2.52. The van der Waals surface area contributed by atoms with E-state index in [1.54, 1.807) is 14.0 Å². The number of nitrogens with two attached hydrogens (primary N) is 1. The van der Waals surface area contributed by atoms with Crippen molar-refractivity contribution in [1.82, 2.24) is 4.90 Å². The minimum Gasteiger partial charge on any atom is -0.394 e. The molecule has 0 aromatic heterocycles. The fraction of sp³-hybridized carbons (Fsp3) is 1.00. The van der Waals surface area contributed by atoms with Crippen LogP contribution in [0.1, 0.15) is 6.92 Å². The summed E-state index contributed by atoms with van der Waals surface area (Å²) in [4.78, 5) is 1.81. The van der Waals surface area contributed by atoms with Crippen LogP contribution in [0.25, 0.3) is 0 Å². The van der Waals surface area contributed by atoms with E-state index in [2.05, 4.69) is 0 Å². The third-order valence-electron chi connectivity index (χ3n) is 13.1. The van der Waals surface area contributed by atoms with Gasteiger partial charge in [0.15, 0.2) is 31.5 Å². The molecule has 5 aliphatic heterocycles. The van der Waals surface area contributed by atoms with Crippen molar-refractivity contribution >= 4 is 0 Å². The fourth-order valence-electron chi connectivity index (χ4n) is 8.50. The van der Waals surface area contributed by atoms with E-state index in [0.717, 1.165) is 0 Å². The van der Waals surface area contributed by atoms with Gasteiger partial charge in [-0.15, -0.1) is 0 Å². The largest absolute Gasteiger partial charge is 0.394 e. The number of aliphatic hydroxyl groups excluding tert-OH is 19. The van der Waals surface area contributed by atoms with Crippen LogP contribution in [-0.4, -0.2) is 340 Å². The van der Waals surface area contributed by atoms with Crippen molar-refractivity contribution in [2.45, 2.75) is 179 Å². The summed E-state index contributed by atoms with van der Waals surface area (Å²) >= 11 is 0. The number of aliphatic hydroxyl groups is 19. The van der Waals surface area contributed by atoms with Crippen molar-refractivity contribution in [2.24, 2.45) is 11.7 Å². The molecule has 29 atom stereocenters. The van der Waals surface area contributed by atoms with Gasteiger partial charge < -0.3 is 155 Å².